The zero-order chi connectivity index (χ0) is 8.72. The fourth-order valence-corrected chi connectivity index (χ4v) is 1.70. The molecular weight excluding hydrogens is 267 g/mol. The molecule has 3 nitrogen and oxygen atoms in total. The predicted octanol–water partition coefficient (Wildman–Crippen LogP) is 1.47. The number of aromatic nitrogens is 2. The maximum Gasteiger partial charge on any atom is 0.326 e. The van der Waals surface area contributed by atoms with E-state index in [2.05, 4.69) is 27.6 Å². The Morgan fingerprint density at radius 1 is 1.50 bits per heavy atom. The van der Waals surface area contributed by atoms with Crippen LogP contribution in [0.5, 0.6) is 0 Å². The largest absolute Gasteiger partial charge is 0.326 e. The number of aromatic amines is 1. The Bertz CT molecular complexity index is 483. The maximum absolute atomic E-state index is 11.2. The zero-order valence-corrected chi connectivity index (χ0v) is 8.62. The average Bonchev–Trinajstić information content (AvgIpc) is 2.28. The van der Waals surface area contributed by atoms with Gasteiger partial charge in [-0.25, -0.2) is 4.79 Å². The minimum Gasteiger partial charge on any atom is -0.306 e. The summed E-state index contributed by atoms with van der Waals surface area (Å²) < 4.78 is 2.73. The summed E-state index contributed by atoms with van der Waals surface area (Å²) >= 11 is 2.22. The van der Waals surface area contributed by atoms with Crippen molar-refractivity contribution in [3.8, 4) is 0 Å². The van der Waals surface area contributed by atoms with Crippen LogP contribution < -0.4 is 5.69 Å². The van der Waals surface area contributed by atoms with Gasteiger partial charge in [0.25, 0.3) is 0 Å². The molecule has 1 heterocycles. The quantitative estimate of drug-likeness (QED) is 0.726. The topological polar surface area (TPSA) is 37.8 Å². The van der Waals surface area contributed by atoms with Gasteiger partial charge in [-0.2, -0.15) is 0 Å². The molecule has 1 aromatic heterocycles. The number of nitrogens with one attached hydrogen (secondary N) is 1. The van der Waals surface area contributed by atoms with E-state index in [-0.39, 0.29) is 5.69 Å². The SMILES string of the molecule is Cn1c(=O)[nH]c2cc(I)ccc21. The summed E-state index contributed by atoms with van der Waals surface area (Å²) in [5.41, 5.74) is 1.78. The Hall–Kier alpha value is -0.780. The van der Waals surface area contributed by atoms with Gasteiger partial charge in [-0.05, 0) is 40.8 Å². The number of halogens is 1. The van der Waals surface area contributed by atoms with Gasteiger partial charge in [-0.15, -0.1) is 0 Å². The van der Waals surface area contributed by atoms with E-state index in [1.54, 1.807) is 11.6 Å². The monoisotopic (exact) mass is 274 g/mol. The number of rotatable bonds is 0. The van der Waals surface area contributed by atoms with Crippen LogP contribution in [0.3, 0.4) is 0 Å². The molecule has 2 rings (SSSR count). The van der Waals surface area contributed by atoms with Crippen molar-refractivity contribution in [1.82, 2.24) is 9.55 Å². The van der Waals surface area contributed by atoms with Crippen LogP contribution in [0.1, 0.15) is 0 Å². The van der Waals surface area contributed by atoms with Crippen LogP contribution in [0.4, 0.5) is 0 Å². The highest BCUT2D eigenvalue weighted by molar-refractivity contribution is 14.1. The van der Waals surface area contributed by atoms with Crippen LogP contribution in [0.2, 0.25) is 0 Å². The van der Waals surface area contributed by atoms with Crippen molar-refractivity contribution in [3.05, 3.63) is 32.3 Å². The van der Waals surface area contributed by atoms with Crippen LogP contribution in [-0.4, -0.2) is 9.55 Å². The standard InChI is InChI=1S/C8H7IN2O/c1-11-7-3-2-5(9)4-6(7)10-8(11)12/h2-4H,1H3,(H,10,12). The smallest absolute Gasteiger partial charge is 0.306 e. The van der Waals surface area contributed by atoms with E-state index in [1.807, 2.05) is 18.2 Å². The van der Waals surface area contributed by atoms with Gasteiger partial charge in [-0.3, -0.25) is 4.57 Å². The third kappa shape index (κ3) is 1.06. The van der Waals surface area contributed by atoms with E-state index in [0.717, 1.165) is 14.6 Å². The van der Waals surface area contributed by atoms with Crippen molar-refractivity contribution in [2.24, 2.45) is 7.05 Å². The predicted molar refractivity (Wildman–Crippen MR) is 56.3 cm³/mol. The summed E-state index contributed by atoms with van der Waals surface area (Å²) in [5.74, 6) is 0. The van der Waals surface area contributed by atoms with E-state index in [9.17, 15) is 4.79 Å². The summed E-state index contributed by atoms with van der Waals surface area (Å²) in [4.78, 5) is 13.9. The lowest BCUT2D eigenvalue weighted by molar-refractivity contribution is 0.891. The fraction of sp³-hybridized carbons (Fsp3) is 0.125. The second kappa shape index (κ2) is 2.62. The Morgan fingerprint density at radius 2 is 2.25 bits per heavy atom. The van der Waals surface area contributed by atoms with Crippen molar-refractivity contribution in [2.45, 2.75) is 0 Å². The van der Waals surface area contributed by atoms with E-state index in [0.29, 0.717) is 0 Å². The molecule has 0 saturated carbocycles. The molecule has 0 aliphatic carbocycles. The third-order valence-electron chi connectivity index (χ3n) is 1.87. The highest BCUT2D eigenvalue weighted by Gasteiger charge is 2.01. The second-order valence-electron chi connectivity index (χ2n) is 2.65. The van der Waals surface area contributed by atoms with Crippen molar-refractivity contribution in [3.63, 3.8) is 0 Å². The molecule has 62 valence electrons. The van der Waals surface area contributed by atoms with Gasteiger partial charge in [0.2, 0.25) is 0 Å². The molecule has 1 aromatic carbocycles. The van der Waals surface area contributed by atoms with E-state index in [4.69, 9.17) is 0 Å². The van der Waals surface area contributed by atoms with Gasteiger partial charge in [0.15, 0.2) is 0 Å². The fourth-order valence-electron chi connectivity index (χ4n) is 1.21. The highest BCUT2D eigenvalue weighted by Crippen LogP contribution is 2.12. The Labute approximate surface area is 82.5 Å². The summed E-state index contributed by atoms with van der Waals surface area (Å²) in [6.45, 7) is 0. The lowest BCUT2D eigenvalue weighted by atomic mass is 10.3. The number of benzene rings is 1. The number of aryl methyl sites for hydroxylation is 1. The number of hydrogen-bond donors (Lipinski definition) is 1. The van der Waals surface area contributed by atoms with Crippen LogP contribution in [0.25, 0.3) is 11.0 Å². The Kier molecular flexibility index (Phi) is 1.71. The van der Waals surface area contributed by atoms with E-state index in [1.165, 1.54) is 0 Å². The van der Waals surface area contributed by atoms with Crippen molar-refractivity contribution in [1.29, 1.82) is 0 Å². The molecule has 4 heteroatoms. The van der Waals surface area contributed by atoms with Gasteiger partial charge in [0.1, 0.15) is 0 Å². The molecule has 12 heavy (non-hydrogen) atoms. The molecule has 0 aliphatic heterocycles. The first-order chi connectivity index (χ1) is 5.68. The van der Waals surface area contributed by atoms with Crippen molar-refractivity contribution < 1.29 is 0 Å². The van der Waals surface area contributed by atoms with Crippen LogP contribution in [-0.2, 0) is 7.05 Å². The maximum atomic E-state index is 11.2. The first-order valence-corrected chi connectivity index (χ1v) is 4.60. The van der Waals surface area contributed by atoms with Crippen LogP contribution in [0, 0.1) is 3.57 Å². The highest BCUT2D eigenvalue weighted by atomic mass is 127. The lowest BCUT2D eigenvalue weighted by Gasteiger charge is -1.92. The normalized spacial score (nSPS) is 10.8. The molecular formula is C8H7IN2O. The molecule has 0 saturated heterocycles. The number of fused-ring (bicyclic) bond motifs is 1. The van der Waals surface area contributed by atoms with Gasteiger partial charge in [0.05, 0.1) is 11.0 Å². The molecule has 1 N–H and O–H groups in total. The van der Waals surface area contributed by atoms with Crippen LogP contribution in [0.15, 0.2) is 23.0 Å². The first-order valence-electron chi connectivity index (χ1n) is 3.53. The lowest BCUT2D eigenvalue weighted by Crippen LogP contribution is -2.11. The minimum atomic E-state index is -0.0630. The third-order valence-corrected chi connectivity index (χ3v) is 2.54. The van der Waals surface area contributed by atoms with Gasteiger partial charge < -0.3 is 4.98 Å². The molecule has 0 spiro atoms. The number of H-pyrrole nitrogens is 1. The molecule has 0 aliphatic rings. The molecule has 0 bridgehead atoms. The molecule has 0 amide bonds. The Morgan fingerprint density at radius 3 is 3.00 bits per heavy atom. The summed E-state index contributed by atoms with van der Waals surface area (Å²) in [7, 11) is 1.76. The first kappa shape index (κ1) is 7.85. The van der Waals surface area contributed by atoms with Crippen molar-refractivity contribution >= 4 is 33.6 Å². The van der Waals surface area contributed by atoms with E-state index >= 15 is 0 Å². The van der Waals surface area contributed by atoms with E-state index < -0.39 is 0 Å². The molecule has 0 atom stereocenters. The summed E-state index contributed by atoms with van der Waals surface area (Å²) in [5, 5.41) is 0. The van der Waals surface area contributed by atoms with Gasteiger partial charge >= 0.3 is 5.69 Å². The molecule has 0 fully saturated rings. The van der Waals surface area contributed by atoms with Gasteiger partial charge in [0, 0.05) is 10.6 Å². The summed E-state index contributed by atoms with van der Waals surface area (Å²) in [6.07, 6.45) is 0. The molecule has 2 aromatic rings. The minimum absolute atomic E-state index is 0.0630. The molecule has 0 unspecified atom stereocenters. The zero-order valence-electron chi connectivity index (χ0n) is 6.47. The number of nitrogens with zero attached hydrogens (tertiary/aromatic N) is 1. The van der Waals surface area contributed by atoms with Gasteiger partial charge in [-0.1, -0.05) is 0 Å². The summed E-state index contributed by atoms with van der Waals surface area (Å²) in [6, 6.07) is 5.88. The number of imidazole rings is 1. The number of hydrogen-bond acceptors (Lipinski definition) is 1. The second-order valence-corrected chi connectivity index (χ2v) is 3.90. The average molecular weight is 274 g/mol. The Balaban J connectivity index is 2.96. The van der Waals surface area contributed by atoms with Crippen molar-refractivity contribution in [2.75, 3.05) is 0 Å². The van der Waals surface area contributed by atoms with Crippen LogP contribution >= 0.6 is 22.6 Å². The molecule has 0 radical (unpaired) electrons.